The fourth-order valence-corrected chi connectivity index (χ4v) is 1.15. The van der Waals surface area contributed by atoms with Crippen molar-refractivity contribution >= 4 is 29.3 Å². The van der Waals surface area contributed by atoms with Crippen LogP contribution >= 0.6 is 24.2 Å². The molecular weight excluding hydrogens is 170 g/mol. The van der Waals surface area contributed by atoms with Crippen LogP contribution in [0.25, 0.3) is 0 Å². The van der Waals surface area contributed by atoms with Crippen molar-refractivity contribution in [2.75, 3.05) is 6.54 Å². The molecule has 10 heavy (non-hydrogen) atoms. The number of nitrogens with two attached hydrogens (primary N) is 1. The molecule has 4 N–H and O–H groups in total. The second-order valence-corrected chi connectivity index (χ2v) is 3.06. The number of hydrogen-bond acceptors (Lipinski definition) is 3. The largest absolute Gasteiger partial charge is 0.379 e. The van der Waals surface area contributed by atoms with E-state index >= 15 is 0 Å². The molecule has 62 valence electrons. The molecule has 0 saturated heterocycles. The van der Waals surface area contributed by atoms with Crippen LogP contribution in [0.5, 0.6) is 0 Å². The normalized spacial score (nSPS) is 11.8. The van der Waals surface area contributed by atoms with Gasteiger partial charge in [0.25, 0.3) is 0 Å². The van der Waals surface area contributed by atoms with Crippen LogP contribution in [0.2, 0.25) is 0 Å². The highest BCUT2D eigenvalue weighted by molar-refractivity contribution is 8.14. The van der Waals surface area contributed by atoms with E-state index < -0.39 is 0 Å². The minimum absolute atomic E-state index is 0. The van der Waals surface area contributed by atoms with Crippen LogP contribution in [0.1, 0.15) is 13.8 Å². The summed E-state index contributed by atoms with van der Waals surface area (Å²) in [5.41, 5.74) is 5.13. The third-order valence-electron chi connectivity index (χ3n) is 0.795. The van der Waals surface area contributed by atoms with Gasteiger partial charge >= 0.3 is 0 Å². The first kappa shape index (κ1) is 12.7. The predicted octanol–water partition coefficient (Wildman–Crippen LogP) is 0.990. The number of thioether (sulfide) groups is 1. The second kappa shape index (κ2) is 7.18. The van der Waals surface area contributed by atoms with Crippen molar-refractivity contribution in [1.29, 1.82) is 5.41 Å². The molecule has 0 saturated carbocycles. The van der Waals surface area contributed by atoms with Crippen molar-refractivity contribution in [2.24, 2.45) is 5.73 Å². The molecule has 0 aliphatic rings. The Morgan fingerprint density at radius 3 is 2.60 bits per heavy atom. The summed E-state index contributed by atoms with van der Waals surface area (Å²) in [4.78, 5) is 0. The summed E-state index contributed by atoms with van der Waals surface area (Å²) in [5, 5.41) is 10.4. The SMILES string of the molecule is CCNC(C)SC(=N)N.Cl. The molecule has 0 bridgehead atoms. The Morgan fingerprint density at radius 1 is 1.80 bits per heavy atom. The monoisotopic (exact) mass is 183 g/mol. The summed E-state index contributed by atoms with van der Waals surface area (Å²) in [6.07, 6.45) is 0. The Kier molecular flexibility index (Phi) is 9.13. The van der Waals surface area contributed by atoms with E-state index in [-0.39, 0.29) is 22.9 Å². The first-order valence-electron chi connectivity index (χ1n) is 2.91. The zero-order valence-corrected chi connectivity index (χ0v) is 7.81. The van der Waals surface area contributed by atoms with Crippen molar-refractivity contribution in [3.63, 3.8) is 0 Å². The molecule has 0 heterocycles. The summed E-state index contributed by atoms with van der Waals surface area (Å²) < 4.78 is 0. The van der Waals surface area contributed by atoms with Gasteiger partial charge in [0, 0.05) is 0 Å². The molecule has 0 radical (unpaired) electrons. The van der Waals surface area contributed by atoms with E-state index in [4.69, 9.17) is 11.1 Å². The number of hydrogen-bond donors (Lipinski definition) is 3. The van der Waals surface area contributed by atoms with Gasteiger partial charge in [-0.1, -0.05) is 18.7 Å². The van der Waals surface area contributed by atoms with Gasteiger partial charge in [-0.25, -0.2) is 0 Å². The average Bonchev–Trinajstić information content (AvgIpc) is 1.63. The second-order valence-electron chi connectivity index (χ2n) is 1.68. The Hall–Kier alpha value is 0.0700. The van der Waals surface area contributed by atoms with Crippen molar-refractivity contribution in [3.8, 4) is 0 Å². The number of amidine groups is 1. The molecular formula is C5H14ClN3S. The maximum Gasteiger partial charge on any atom is 0.152 e. The van der Waals surface area contributed by atoms with E-state index in [0.29, 0.717) is 0 Å². The molecule has 1 unspecified atom stereocenters. The molecule has 0 spiro atoms. The molecule has 0 fully saturated rings. The van der Waals surface area contributed by atoms with Gasteiger partial charge in [0.05, 0.1) is 5.37 Å². The Bertz CT molecular complexity index is 98.9. The molecule has 3 nitrogen and oxygen atoms in total. The summed E-state index contributed by atoms with van der Waals surface area (Å²) in [7, 11) is 0. The van der Waals surface area contributed by atoms with Crippen molar-refractivity contribution in [3.05, 3.63) is 0 Å². The Balaban J connectivity index is 0. The zero-order chi connectivity index (χ0) is 7.28. The molecule has 0 aliphatic heterocycles. The van der Waals surface area contributed by atoms with E-state index in [0.717, 1.165) is 6.54 Å². The topological polar surface area (TPSA) is 61.9 Å². The van der Waals surface area contributed by atoms with Crippen LogP contribution in [0.15, 0.2) is 0 Å². The van der Waals surface area contributed by atoms with Gasteiger partial charge in [0.2, 0.25) is 0 Å². The highest BCUT2D eigenvalue weighted by atomic mass is 35.5. The van der Waals surface area contributed by atoms with Crippen molar-refractivity contribution < 1.29 is 0 Å². The van der Waals surface area contributed by atoms with Crippen LogP contribution in [-0.2, 0) is 0 Å². The Morgan fingerprint density at radius 2 is 2.30 bits per heavy atom. The standard InChI is InChI=1S/C5H13N3S.ClH/c1-3-8-4(2)9-5(6)7;/h4,8H,3H2,1-2H3,(H3,6,7);1H. The van der Waals surface area contributed by atoms with E-state index in [2.05, 4.69) is 5.32 Å². The summed E-state index contributed by atoms with van der Waals surface area (Å²) in [6, 6.07) is 0. The van der Waals surface area contributed by atoms with Gasteiger partial charge in [-0.05, 0) is 13.5 Å². The molecule has 0 aromatic heterocycles. The summed E-state index contributed by atoms with van der Waals surface area (Å²) in [5.74, 6) is 0. The van der Waals surface area contributed by atoms with Gasteiger partial charge in [-0.2, -0.15) is 0 Å². The quantitative estimate of drug-likeness (QED) is 0.348. The average molecular weight is 184 g/mol. The van der Waals surface area contributed by atoms with Gasteiger partial charge in [-0.15, -0.1) is 12.4 Å². The molecule has 0 amide bonds. The van der Waals surface area contributed by atoms with Crippen molar-refractivity contribution in [2.45, 2.75) is 19.2 Å². The number of rotatable bonds is 3. The molecule has 5 heteroatoms. The van der Waals surface area contributed by atoms with Crippen LogP contribution in [0.4, 0.5) is 0 Å². The zero-order valence-electron chi connectivity index (χ0n) is 6.18. The van der Waals surface area contributed by atoms with Crippen LogP contribution in [0.3, 0.4) is 0 Å². The maximum atomic E-state index is 6.90. The van der Waals surface area contributed by atoms with E-state index in [1.807, 2.05) is 13.8 Å². The lowest BCUT2D eigenvalue weighted by Crippen LogP contribution is -2.25. The predicted molar refractivity (Wildman–Crippen MR) is 49.9 cm³/mol. The molecule has 0 rings (SSSR count). The molecule has 1 atom stereocenters. The maximum absolute atomic E-state index is 6.90. The van der Waals surface area contributed by atoms with Crippen LogP contribution in [0, 0.1) is 5.41 Å². The molecule has 0 aliphatic carbocycles. The minimum Gasteiger partial charge on any atom is -0.379 e. The van der Waals surface area contributed by atoms with E-state index in [9.17, 15) is 0 Å². The van der Waals surface area contributed by atoms with Gasteiger partial charge in [0.1, 0.15) is 0 Å². The van der Waals surface area contributed by atoms with Gasteiger partial charge < -0.3 is 11.1 Å². The fourth-order valence-electron chi connectivity index (χ4n) is 0.520. The smallest absolute Gasteiger partial charge is 0.152 e. The number of halogens is 1. The summed E-state index contributed by atoms with van der Waals surface area (Å²) in [6.45, 7) is 4.92. The van der Waals surface area contributed by atoms with Crippen LogP contribution < -0.4 is 11.1 Å². The van der Waals surface area contributed by atoms with Gasteiger partial charge in [-0.3, -0.25) is 5.41 Å². The van der Waals surface area contributed by atoms with E-state index in [1.165, 1.54) is 11.8 Å². The highest BCUT2D eigenvalue weighted by Crippen LogP contribution is 2.04. The van der Waals surface area contributed by atoms with Crippen LogP contribution in [-0.4, -0.2) is 17.1 Å². The Labute approximate surface area is 72.1 Å². The third-order valence-corrected chi connectivity index (χ3v) is 1.57. The molecule has 0 aromatic rings. The van der Waals surface area contributed by atoms with E-state index in [1.54, 1.807) is 0 Å². The first-order valence-corrected chi connectivity index (χ1v) is 3.78. The molecule has 0 aromatic carbocycles. The lowest BCUT2D eigenvalue weighted by molar-refractivity contribution is 0.722. The number of nitrogens with one attached hydrogen (secondary N) is 2. The first-order chi connectivity index (χ1) is 4.16. The van der Waals surface area contributed by atoms with Crippen molar-refractivity contribution in [1.82, 2.24) is 5.32 Å². The summed E-state index contributed by atoms with van der Waals surface area (Å²) >= 11 is 1.33. The minimum atomic E-state index is 0. The lowest BCUT2D eigenvalue weighted by Gasteiger charge is -2.08. The highest BCUT2D eigenvalue weighted by Gasteiger charge is 1.99. The lowest BCUT2D eigenvalue weighted by atomic mass is 10.7. The fraction of sp³-hybridized carbons (Fsp3) is 0.800. The third kappa shape index (κ3) is 8.07. The van der Waals surface area contributed by atoms with Gasteiger partial charge in [0.15, 0.2) is 5.17 Å².